The molecule has 0 unspecified atom stereocenters. The molecule has 0 fully saturated rings. The van der Waals surface area contributed by atoms with Crippen molar-refractivity contribution in [1.29, 1.82) is 0 Å². The van der Waals surface area contributed by atoms with Crippen molar-refractivity contribution < 1.29 is 9.53 Å². The van der Waals surface area contributed by atoms with E-state index in [2.05, 4.69) is 24.4 Å². The van der Waals surface area contributed by atoms with Gasteiger partial charge < -0.3 is 16.2 Å². The summed E-state index contributed by atoms with van der Waals surface area (Å²) in [5.41, 5.74) is 12.7. The van der Waals surface area contributed by atoms with Crippen molar-refractivity contribution in [3.63, 3.8) is 0 Å². The lowest BCUT2D eigenvalue weighted by Gasteiger charge is -2.17. The molecule has 0 aliphatic heterocycles. The van der Waals surface area contributed by atoms with E-state index in [1.54, 1.807) is 10.2 Å². The molecule has 0 aliphatic rings. The van der Waals surface area contributed by atoms with E-state index in [0.717, 1.165) is 0 Å². The number of nitrogen functional groups attached to an aromatic ring is 2. The van der Waals surface area contributed by atoms with Crippen LogP contribution in [-0.4, -0.2) is 20.3 Å². The van der Waals surface area contributed by atoms with Gasteiger partial charge in [0.25, 0.3) is 0 Å². The minimum Gasteiger partial charge on any atom is -0.465 e. The van der Waals surface area contributed by atoms with Crippen molar-refractivity contribution in [3.05, 3.63) is 16.7 Å². The molecule has 19 heavy (non-hydrogen) atoms. The highest BCUT2D eigenvalue weighted by Crippen LogP contribution is 2.46. The molecule has 0 radical (unpaired) electrons. The van der Waals surface area contributed by atoms with Gasteiger partial charge in [0, 0.05) is 5.69 Å². The van der Waals surface area contributed by atoms with Crippen molar-refractivity contribution in [3.8, 4) is 0 Å². The number of rotatable bonds is 4. The van der Waals surface area contributed by atoms with Gasteiger partial charge in [0.1, 0.15) is 7.22 Å². The average molecular weight is 337 g/mol. The number of hydrogen-bond acceptors (Lipinski definition) is 6. The van der Waals surface area contributed by atoms with Crippen LogP contribution in [0.2, 0.25) is 24.7 Å². The molecule has 8 heteroatoms. The topological polar surface area (TPSA) is 78.3 Å². The Morgan fingerprint density at radius 3 is 2.42 bits per heavy atom. The maximum absolute atomic E-state index is 11.5. The second kappa shape index (κ2) is 6.30. The summed E-state index contributed by atoms with van der Waals surface area (Å²) in [5.74, 6) is -0.541. The van der Waals surface area contributed by atoms with E-state index >= 15 is 0 Å². The predicted molar refractivity (Wildman–Crippen MR) is 88.4 cm³/mol. The molecule has 106 valence electrons. The zero-order valence-corrected chi connectivity index (χ0v) is 14.6. The number of anilines is 2. The monoisotopic (exact) mass is 336 g/mol. The van der Waals surface area contributed by atoms with E-state index in [1.165, 1.54) is 24.0 Å². The van der Waals surface area contributed by atoms with Gasteiger partial charge in [-0.1, -0.05) is 42.0 Å². The quantitative estimate of drug-likeness (QED) is 0.376. The lowest BCUT2D eigenvalue weighted by Crippen LogP contribution is -2.12. The Bertz CT molecular complexity index is 506. The molecular formula is C11H17ClN2O2S2Si. The number of methoxy groups -OCH3 is 1. The first-order valence-electron chi connectivity index (χ1n) is 5.49. The van der Waals surface area contributed by atoms with Gasteiger partial charge in [-0.2, -0.15) is 0 Å². The fourth-order valence-corrected chi connectivity index (χ4v) is 6.87. The molecule has 1 rings (SSSR count). The van der Waals surface area contributed by atoms with E-state index in [9.17, 15) is 4.79 Å². The smallest absolute Gasteiger partial charge is 0.340 e. The Labute approximate surface area is 126 Å². The molecule has 4 N–H and O–H groups in total. The first kappa shape index (κ1) is 16.6. The highest BCUT2D eigenvalue weighted by atomic mass is 35.5. The number of carbonyl (C=O) groups excluding carboxylic acids is 1. The molecule has 0 saturated heterocycles. The molecule has 0 atom stereocenters. The Morgan fingerprint density at radius 2 is 1.95 bits per heavy atom. The van der Waals surface area contributed by atoms with Gasteiger partial charge in [-0.25, -0.2) is 4.79 Å². The van der Waals surface area contributed by atoms with E-state index in [0.29, 0.717) is 15.6 Å². The van der Waals surface area contributed by atoms with E-state index in [-0.39, 0.29) is 11.3 Å². The van der Waals surface area contributed by atoms with Gasteiger partial charge in [-0.05, 0) is 6.07 Å². The Balaban J connectivity index is 3.16. The molecule has 1 aromatic carbocycles. The fraction of sp³-hybridized carbons (Fsp3) is 0.364. The minimum absolute atomic E-state index is 0.201. The predicted octanol–water partition coefficient (Wildman–Crippen LogP) is 3.87. The van der Waals surface area contributed by atoms with E-state index in [4.69, 9.17) is 23.1 Å². The first-order chi connectivity index (χ1) is 8.67. The van der Waals surface area contributed by atoms with Crippen LogP contribution in [0.25, 0.3) is 0 Å². The van der Waals surface area contributed by atoms with Crippen LogP contribution in [0.3, 0.4) is 0 Å². The normalized spacial score (nSPS) is 11.4. The summed E-state index contributed by atoms with van der Waals surface area (Å²) in [6.07, 6.45) is 0. The van der Waals surface area contributed by atoms with Gasteiger partial charge in [-0.3, -0.25) is 0 Å². The zero-order valence-electron chi connectivity index (χ0n) is 11.2. The van der Waals surface area contributed by atoms with Gasteiger partial charge in [0.15, 0.2) is 0 Å². The summed E-state index contributed by atoms with van der Waals surface area (Å²) in [4.78, 5) is 12.3. The third-order valence-electron chi connectivity index (χ3n) is 2.07. The fourth-order valence-electron chi connectivity index (χ4n) is 1.20. The number of benzene rings is 1. The number of carbonyl (C=O) groups is 1. The summed E-state index contributed by atoms with van der Waals surface area (Å²) in [5, 5.41) is 0.316. The molecule has 0 aromatic heterocycles. The standard InChI is InChI=1S/C11H17ClN2O2S2Si/c1-16-11(15)6-5-7(13)10(8(12)9(6)14)17-18-19(2,3)4/h5H,13-14H2,1-4H3. The van der Waals surface area contributed by atoms with Gasteiger partial charge in [0.05, 0.1) is 28.3 Å². The molecule has 0 spiro atoms. The molecular weight excluding hydrogens is 320 g/mol. The van der Waals surface area contributed by atoms with Crippen LogP contribution in [0.1, 0.15) is 10.4 Å². The highest BCUT2D eigenvalue weighted by Gasteiger charge is 2.22. The maximum Gasteiger partial charge on any atom is 0.340 e. The van der Waals surface area contributed by atoms with Crippen LogP contribution in [0.15, 0.2) is 11.0 Å². The summed E-state index contributed by atoms with van der Waals surface area (Å²) >= 11 is 6.20. The van der Waals surface area contributed by atoms with Gasteiger partial charge in [-0.15, -0.1) is 10.2 Å². The molecule has 0 heterocycles. The number of ether oxygens (including phenoxy) is 1. The summed E-state index contributed by atoms with van der Waals surface area (Å²) in [6.45, 7) is 6.67. The molecule has 0 amide bonds. The highest BCUT2D eigenvalue weighted by molar-refractivity contribution is 8.87. The Hall–Kier alpha value is -0.503. The van der Waals surface area contributed by atoms with E-state index in [1.807, 2.05) is 0 Å². The second-order valence-corrected chi connectivity index (χ2v) is 16.4. The van der Waals surface area contributed by atoms with Gasteiger partial charge in [0.2, 0.25) is 0 Å². The lowest BCUT2D eigenvalue weighted by molar-refractivity contribution is 0.0602. The summed E-state index contributed by atoms with van der Waals surface area (Å²) in [6, 6.07) is 1.51. The van der Waals surface area contributed by atoms with Crippen LogP contribution in [0.5, 0.6) is 0 Å². The molecule has 1 aromatic rings. The Kier molecular flexibility index (Phi) is 5.49. The van der Waals surface area contributed by atoms with Crippen molar-refractivity contribution >= 4 is 57.2 Å². The van der Waals surface area contributed by atoms with Crippen molar-refractivity contribution in [2.75, 3.05) is 18.6 Å². The second-order valence-electron chi connectivity index (χ2n) is 4.84. The average Bonchev–Trinajstić information content (AvgIpc) is 2.31. The molecule has 0 bridgehead atoms. The Morgan fingerprint density at radius 1 is 1.37 bits per heavy atom. The third-order valence-corrected chi connectivity index (χ3v) is 11.3. The molecule has 0 aliphatic carbocycles. The number of esters is 1. The van der Waals surface area contributed by atoms with Crippen molar-refractivity contribution in [2.24, 2.45) is 0 Å². The minimum atomic E-state index is -1.31. The third kappa shape index (κ3) is 4.24. The molecule has 0 saturated carbocycles. The maximum atomic E-state index is 11.5. The lowest BCUT2D eigenvalue weighted by atomic mass is 10.1. The SMILES string of the molecule is COC(=O)c1cc(N)c(SS[Si](C)(C)C)c(Cl)c1N. The van der Waals surface area contributed by atoms with Crippen LogP contribution < -0.4 is 11.5 Å². The number of hydrogen-bond donors (Lipinski definition) is 2. The van der Waals surface area contributed by atoms with Crippen molar-refractivity contribution in [2.45, 2.75) is 24.5 Å². The summed E-state index contributed by atoms with van der Waals surface area (Å²) in [7, 11) is 3.25. The number of halogens is 1. The van der Waals surface area contributed by atoms with Crippen molar-refractivity contribution in [1.82, 2.24) is 0 Å². The van der Waals surface area contributed by atoms with Crippen LogP contribution in [0.4, 0.5) is 11.4 Å². The van der Waals surface area contributed by atoms with Gasteiger partial charge >= 0.3 is 5.97 Å². The largest absolute Gasteiger partial charge is 0.465 e. The zero-order chi connectivity index (χ0) is 14.8. The van der Waals surface area contributed by atoms with E-state index < -0.39 is 13.2 Å². The van der Waals surface area contributed by atoms with Crippen LogP contribution >= 0.6 is 32.6 Å². The molecule has 4 nitrogen and oxygen atoms in total. The first-order valence-corrected chi connectivity index (χ1v) is 12.2. The summed E-state index contributed by atoms with van der Waals surface area (Å²) < 4.78 is 4.64. The van der Waals surface area contributed by atoms with Crippen LogP contribution in [-0.2, 0) is 4.74 Å². The van der Waals surface area contributed by atoms with Crippen LogP contribution in [0, 0.1) is 0 Å². The number of nitrogens with two attached hydrogens (primary N) is 2.